The largest absolute Gasteiger partial charge is 0.476 e. The van der Waals surface area contributed by atoms with Crippen LogP contribution in [0.1, 0.15) is 73.1 Å². The normalized spacial score (nSPS) is 16.8. The number of carboxylic acids is 1. The first-order valence-corrected chi connectivity index (χ1v) is 17.7. The molecule has 44 heavy (non-hydrogen) atoms. The molecule has 0 radical (unpaired) electrons. The minimum Gasteiger partial charge on any atom is -0.476 e. The number of halogens is 1. The summed E-state index contributed by atoms with van der Waals surface area (Å²) in [7, 11) is -3.37. The third-order valence-corrected chi connectivity index (χ3v) is 10.1. The summed E-state index contributed by atoms with van der Waals surface area (Å²) in [5.41, 5.74) is 0.843. The van der Waals surface area contributed by atoms with Crippen LogP contribution in [-0.4, -0.2) is 50.4 Å². The molecule has 2 aromatic carbocycles. The van der Waals surface area contributed by atoms with E-state index in [1.165, 1.54) is 17.8 Å². The number of anilines is 3. The van der Waals surface area contributed by atoms with Gasteiger partial charge in [-0.2, -0.15) is 15.0 Å². The molecule has 0 fully saturated rings. The van der Waals surface area contributed by atoms with Gasteiger partial charge in [-0.25, -0.2) is 9.59 Å². The lowest BCUT2D eigenvalue weighted by Gasteiger charge is -2.42. The van der Waals surface area contributed by atoms with E-state index in [1.54, 1.807) is 45.2 Å². The molecule has 0 spiro atoms. The maximum Gasteiger partial charge on any atom is 0.412 e. The predicted molar refractivity (Wildman–Crippen MR) is 176 cm³/mol. The van der Waals surface area contributed by atoms with Crippen molar-refractivity contribution in [3.63, 3.8) is 0 Å². The number of aliphatic carboxylic acids is 1. The van der Waals surface area contributed by atoms with Crippen molar-refractivity contribution in [1.29, 1.82) is 0 Å². The van der Waals surface area contributed by atoms with Gasteiger partial charge in [0.15, 0.2) is 0 Å². The standard InChI is InChI=1S/C32H45FN2O7S2/c1-7-9-15-32(16-10-8-2)20-35(23-13-11-22(12-14-23)34-30(38)42-31(3,4)5)25-17-27(43-6)26(41-19-24(33)29(36)37)18-28(25)44(39,40)21-32/h11-14,17-19,39-40H,7-10,15-16,20-21H2,1-6H3,(H,34,38)(H,36,37). The topological polar surface area (TPSA) is 129 Å². The number of thioether (sulfide) groups is 1. The van der Waals surface area contributed by atoms with Crippen molar-refractivity contribution in [2.75, 3.05) is 28.8 Å². The summed E-state index contributed by atoms with van der Waals surface area (Å²) in [6.45, 7) is 10.1. The lowest BCUT2D eigenvalue weighted by atomic mass is 9.79. The van der Waals surface area contributed by atoms with Gasteiger partial charge in [0.05, 0.1) is 15.5 Å². The summed E-state index contributed by atoms with van der Waals surface area (Å²) in [6, 6.07) is 10.5. The molecule has 0 atom stereocenters. The third kappa shape index (κ3) is 9.29. The molecule has 2 aromatic rings. The van der Waals surface area contributed by atoms with Crippen molar-refractivity contribution in [2.45, 2.75) is 88.5 Å². The average Bonchev–Trinajstić information content (AvgIpc) is 3.04. The molecule has 3 rings (SSSR count). The van der Waals surface area contributed by atoms with Crippen molar-refractivity contribution in [3.05, 3.63) is 48.5 Å². The molecule has 0 bridgehead atoms. The van der Waals surface area contributed by atoms with Gasteiger partial charge in [-0.3, -0.25) is 14.4 Å². The highest BCUT2D eigenvalue weighted by Crippen LogP contribution is 2.62. The predicted octanol–water partition coefficient (Wildman–Crippen LogP) is 9.66. The number of nitrogens with zero attached hydrogens (tertiary/aromatic N) is 1. The SMILES string of the molecule is CCCCC1(CCCC)CN(c2ccc(NC(=O)OC(C)(C)C)cc2)c2cc(SC)c(OC=C(F)C(=O)O)cc2S(O)(O)C1. The van der Waals surface area contributed by atoms with Crippen LogP contribution in [-0.2, 0) is 9.53 Å². The Labute approximate surface area is 265 Å². The van der Waals surface area contributed by atoms with Gasteiger partial charge < -0.3 is 19.5 Å². The zero-order chi connectivity index (χ0) is 32.7. The van der Waals surface area contributed by atoms with Gasteiger partial charge in [-0.05, 0) is 70.2 Å². The maximum absolute atomic E-state index is 13.8. The molecule has 12 heteroatoms. The fourth-order valence-corrected chi connectivity index (χ4v) is 8.03. The van der Waals surface area contributed by atoms with Gasteiger partial charge in [-0.15, -0.1) is 11.8 Å². The highest BCUT2D eigenvalue weighted by Gasteiger charge is 2.42. The zero-order valence-corrected chi connectivity index (χ0v) is 27.9. The first kappa shape index (κ1) is 35.5. The van der Waals surface area contributed by atoms with Crippen LogP contribution in [0.5, 0.6) is 5.75 Å². The van der Waals surface area contributed by atoms with Crippen LogP contribution in [0.3, 0.4) is 0 Å². The average molecular weight is 653 g/mol. The van der Waals surface area contributed by atoms with Crippen LogP contribution >= 0.6 is 22.4 Å². The van der Waals surface area contributed by atoms with E-state index in [0.717, 1.165) is 44.2 Å². The second-order valence-electron chi connectivity index (χ2n) is 12.1. The highest BCUT2D eigenvalue weighted by atomic mass is 32.3. The number of hydrogen-bond acceptors (Lipinski definition) is 8. The number of hydrogen-bond donors (Lipinski definition) is 4. The monoisotopic (exact) mass is 652 g/mol. The summed E-state index contributed by atoms with van der Waals surface area (Å²) in [6.07, 6.45) is 7.10. The molecule has 1 amide bonds. The minimum atomic E-state index is -3.37. The Balaban J connectivity index is 2.16. The van der Waals surface area contributed by atoms with Crippen LogP contribution < -0.4 is 15.0 Å². The van der Waals surface area contributed by atoms with Crippen LogP contribution in [0.15, 0.2) is 58.3 Å². The molecule has 1 heterocycles. The molecule has 0 aliphatic carbocycles. The lowest BCUT2D eigenvalue weighted by Crippen LogP contribution is -2.37. The minimum absolute atomic E-state index is 0.124. The van der Waals surface area contributed by atoms with Gasteiger partial charge in [0, 0.05) is 35.2 Å². The van der Waals surface area contributed by atoms with Crippen molar-refractivity contribution >= 4 is 51.5 Å². The molecule has 0 unspecified atom stereocenters. The van der Waals surface area contributed by atoms with Crippen molar-refractivity contribution < 1.29 is 37.7 Å². The number of unbranched alkanes of at least 4 members (excludes halogenated alkanes) is 2. The van der Waals surface area contributed by atoms with Crippen LogP contribution in [0.4, 0.5) is 26.2 Å². The molecular formula is C32H45FN2O7S2. The molecule has 4 N–H and O–H groups in total. The van der Waals surface area contributed by atoms with Crippen molar-refractivity contribution in [2.24, 2.45) is 5.41 Å². The molecule has 244 valence electrons. The zero-order valence-electron chi connectivity index (χ0n) is 26.3. The number of carbonyl (C=O) groups excluding carboxylic acids is 1. The Morgan fingerprint density at radius 2 is 1.73 bits per heavy atom. The quantitative estimate of drug-likeness (QED) is 0.101. The third-order valence-electron chi connectivity index (χ3n) is 7.33. The summed E-state index contributed by atoms with van der Waals surface area (Å²) < 4.78 is 48.2. The summed E-state index contributed by atoms with van der Waals surface area (Å²) in [5.74, 6) is -2.96. The van der Waals surface area contributed by atoms with E-state index in [-0.39, 0.29) is 16.4 Å². The number of fused-ring (bicyclic) bond motifs is 1. The number of carbonyl (C=O) groups is 2. The first-order chi connectivity index (χ1) is 20.6. The van der Waals surface area contributed by atoms with Crippen molar-refractivity contribution in [3.8, 4) is 5.75 Å². The van der Waals surface area contributed by atoms with E-state index in [4.69, 9.17) is 14.6 Å². The van der Waals surface area contributed by atoms with E-state index in [2.05, 4.69) is 24.1 Å². The van der Waals surface area contributed by atoms with E-state index in [9.17, 15) is 23.1 Å². The first-order valence-electron chi connectivity index (χ1n) is 14.7. The summed E-state index contributed by atoms with van der Waals surface area (Å²) in [4.78, 5) is 26.2. The molecule has 1 aliphatic heterocycles. The highest BCUT2D eigenvalue weighted by molar-refractivity contribution is 8.24. The van der Waals surface area contributed by atoms with Gasteiger partial charge in [0.2, 0.25) is 5.83 Å². The molecule has 0 saturated carbocycles. The smallest absolute Gasteiger partial charge is 0.412 e. The van der Waals surface area contributed by atoms with E-state index >= 15 is 0 Å². The Bertz CT molecular complexity index is 1340. The summed E-state index contributed by atoms with van der Waals surface area (Å²) in [5, 5.41) is 11.7. The van der Waals surface area contributed by atoms with Crippen LogP contribution in [0, 0.1) is 5.41 Å². The Hall–Kier alpha value is -2.93. The number of benzene rings is 2. The van der Waals surface area contributed by atoms with Gasteiger partial charge in [-0.1, -0.05) is 39.5 Å². The Morgan fingerprint density at radius 1 is 1.11 bits per heavy atom. The fourth-order valence-electron chi connectivity index (χ4n) is 5.30. The van der Waals surface area contributed by atoms with Gasteiger partial charge in [0.25, 0.3) is 0 Å². The second-order valence-corrected chi connectivity index (χ2v) is 15.0. The van der Waals surface area contributed by atoms with Gasteiger partial charge in [0.1, 0.15) is 17.6 Å². The van der Waals surface area contributed by atoms with E-state index in [1.807, 2.05) is 12.1 Å². The Morgan fingerprint density at radius 3 is 2.25 bits per heavy atom. The molecule has 0 aromatic heterocycles. The number of nitrogens with one attached hydrogen (secondary N) is 1. The molecule has 9 nitrogen and oxygen atoms in total. The molecule has 1 aliphatic rings. The van der Waals surface area contributed by atoms with E-state index in [0.29, 0.717) is 29.1 Å². The number of rotatable bonds is 12. The Kier molecular flexibility index (Phi) is 12.0. The number of carboxylic acid groups (broad SMARTS) is 1. The fraction of sp³-hybridized carbons (Fsp3) is 0.500. The van der Waals surface area contributed by atoms with Crippen LogP contribution in [0.2, 0.25) is 0 Å². The maximum atomic E-state index is 13.8. The number of amides is 1. The molecule has 0 saturated heterocycles. The van der Waals surface area contributed by atoms with Gasteiger partial charge >= 0.3 is 12.1 Å². The number of ether oxygens (including phenoxy) is 2. The van der Waals surface area contributed by atoms with E-state index < -0.39 is 39.5 Å². The van der Waals surface area contributed by atoms with Crippen LogP contribution in [0.25, 0.3) is 0 Å². The van der Waals surface area contributed by atoms with Crippen molar-refractivity contribution in [1.82, 2.24) is 0 Å². The molecular weight excluding hydrogens is 607 g/mol. The lowest BCUT2D eigenvalue weighted by molar-refractivity contribution is -0.134. The second kappa shape index (κ2) is 14.9. The summed E-state index contributed by atoms with van der Waals surface area (Å²) >= 11 is 1.31.